The summed E-state index contributed by atoms with van der Waals surface area (Å²) in [5, 5.41) is 10.7. The summed E-state index contributed by atoms with van der Waals surface area (Å²) in [4.78, 5) is 0. The van der Waals surface area contributed by atoms with Gasteiger partial charge in [0.05, 0.1) is 22.3 Å². The van der Waals surface area contributed by atoms with E-state index in [1.54, 1.807) is 0 Å². The van der Waals surface area contributed by atoms with Crippen molar-refractivity contribution < 1.29 is 5.11 Å². The predicted octanol–water partition coefficient (Wildman–Crippen LogP) is 4.86. The molecule has 0 aromatic heterocycles. The molecular weight excluding hydrogens is 264 g/mol. The molecule has 1 rings (SSSR count). The normalized spacial score (nSPS) is 16.6. The van der Waals surface area contributed by atoms with Crippen molar-refractivity contribution in [2.45, 2.75) is 50.9 Å². The van der Waals surface area contributed by atoms with Gasteiger partial charge in [0, 0.05) is 5.54 Å². The molecule has 0 heterocycles. The highest BCUT2D eigenvalue weighted by molar-refractivity contribution is 6.81. The van der Waals surface area contributed by atoms with E-state index in [2.05, 4.69) is 51.1 Å². The zero-order valence-electron chi connectivity index (χ0n) is 13.1. The molecule has 3 heteroatoms. The van der Waals surface area contributed by atoms with Crippen LogP contribution in [0.2, 0.25) is 44.8 Å². The molecule has 1 nitrogen and oxygen atoms in total. The van der Waals surface area contributed by atoms with Crippen LogP contribution in [0, 0.1) is 0 Å². The lowest BCUT2D eigenvalue weighted by molar-refractivity contribution is 0.179. The molecule has 0 aliphatic rings. The summed E-state index contributed by atoms with van der Waals surface area (Å²) in [6.45, 7) is 14.0. The van der Waals surface area contributed by atoms with E-state index in [-0.39, 0.29) is 11.6 Å². The van der Waals surface area contributed by atoms with Crippen LogP contribution in [0.3, 0.4) is 0 Å². The number of hydrogen-bond acceptors (Lipinski definition) is 1. The van der Waals surface area contributed by atoms with Crippen LogP contribution in [0.25, 0.3) is 0 Å². The highest BCUT2D eigenvalue weighted by Gasteiger charge is 2.31. The van der Waals surface area contributed by atoms with E-state index in [9.17, 15) is 5.11 Å². The zero-order valence-corrected chi connectivity index (χ0v) is 15.1. The van der Waals surface area contributed by atoms with Crippen molar-refractivity contribution in [1.82, 2.24) is 0 Å². The van der Waals surface area contributed by atoms with Crippen molar-refractivity contribution in [2.75, 3.05) is 0 Å². The van der Waals surface area contributed by atoms with Crippen molar-refractivity contribution in [3.63, 3.8) is 0 Å². The van der Waals surface area contributed by atoms with Gasteiger partial charge in [-0.2, -0.15) is 0 Å². The van der Waals surface area contributed by atoms with Gasteiger partial charge in [-0.05, 0) is 5.56 Å². The van der Waals surface area contributed by atoms with Gasteiger partial charge in [-0.15, -0.1) is 0 Å². The first-order valence-electron chi connectivity index (χ1n) is 7.03. The first-order valence-corrected chi connectivity index (χ1v) is 14.2. The molecule has 0 saturated heterocycles. The average molecular weight is 293 g/mol. The highest BCUT2D eigenvalue weighted by atomic mass is 28.3. The van der Waals surface area contributed by atoms with Crippen LogP contribution in [0.1, 0.15) is 11.7 Å². The third-order valence-electron chi connectivity index (χ3n) is 3.28. The van der Waals surface area contributed by atoms with Gasteiger partial charge in [-0.3, -0.25) is 0 Å². The van der Waals surface area contributed by atoms with Crippen molar-refractivity contribution in [1.29, 1.82) is 0 Å². The molecule has 0 bridgehead atoms. The SMILES string of the molecule is C[Si](C)(C)/C=C/C(C(O)c1ccccc1)[Si](C)(C)C. The molecular formula is C16H28OSi2. The summed E-state index contributed by atoms with van der Waals surface area (Å²) in [7, 11) is -2.66. The molecule has 1 aromatic rings. The summed E-state index contributed by atoms with van der Waals surface area (Å²) in [6, 6.07) is 10.1. The van der Waals surface area contributed by atoms with Crippen LogP contribution in [0.4, 0.5) is 0 Å². The number of rotatable bonds is 5. The van der Waals surface area contributed by atoms with Gasteiger partial charge in [0.15, 0.2) is 0 Å². The van der Waals surface area contributed by atoms with E-state index in [4.69, 9.17) is 0 Å². The molecule has 0 saturated carbocycles. The number of hydrogen-bond donors (Lipinski definition) is 1. The van der Waals surface area contributed by atoms with Gasteiger partial charge in [0.1, 0.15) is 0 Å². The van der Waals surface area contributed by atoms with Crippen LogP contribution in [0.15, 0.2) is 42.1 Å². The first kappa shape index (κ1) is 16.4. The molecule has 2 atom stereocenters. The zero-order chi connectivity index (χ0) is 14.7. The highest BCUT2D eigenvalue weighted by Crippen LogP contribution is 2.36. The fourth-order valence-electron chi connectivity index (χ4n) is 2.12. The van der Waals surface area contributed by atoms with Crippen LogP contribution in [0.5, 0.6) is 0 Å². The van der Waals surface area contributed by atoms with E-state index in [1.807, 2.05) is 30.3 Å². The maximum absolute atomic E-state index is 10.7. The molecule has 0 aliphatic heterocycles. The number of aliphatic hydroxyl groups excluding tert-OH is 1. The third-order valence-corrected chi connectivity index (χ3v) is 6.99. The fraction of sp³-hybridized carbons (Fsp3) is 0.500. The number of aliphatic hydroxyl groups is 1. The van der Waals surface area contributed by atoms with Crippen LogP contribution >= 0.6 is 0 Å². The molecule has 0 aliphatic carbocycles. The summed E-state index contributed by atoms with van der Waals surface area (Å²) in [5.74, 6) is 0. The molecule has 2 unspecified atom stereocenters. The lowest BCUT2D eigenvalue weighted by Crippen LogP contribution is -2.32. The van der Waals surface area contributed by atoms with Crippen LogP contribution < -0.4 is 0 Å². The third kappa shape index (κ3) is 5.47. The Bertz CT molecular complexity index is 413. The molecule has 1 aromatic carbocycles. The van der Waals surface area contributed by atoms with Crippen molar-refractivity contribution in [3.05, 3.63) is 47.7 Å². The second-order valence-corrected chi connectivity index (χ2v) is 17.9. The van der Waals surface area contributed by atoms with Gasteiger partial charge >= 0.3 is 0 Å². The van der Waals surface area contributed by atoms with Crippen molar-refractivity contribution in [3.8, 4) is 0 Å². The Kier molecular flexibility index (Phi) is 5.36. The van der Waals surface area contributed by atoms with Crippen LogP contribution in [-0.2, 0) is 0 Å². The minimum atomic E-state index is -1.45. The van der Waals surface area contributed by atoms with E-state index >= 15 is 0 Å². The van der Waals surface area contributed by atoms with Gasteiger partial charge in [-0.25, -0.2) is 0 Å². The van der Waals surface area contributed by atoms with Gasteiger partial charge in [-0.1, -0.05) is 81.4 Å². The second-order valence-electron chi connectivity index (χ2n) is 7.47. The van der Waals surface area contributed by atoms with E-state index in [0.29, 0.717) is 0 Å². The lowest BCUT2D eigenvalue weighted by atomic mass is 10.1. The number of benzene rings is 1. The van der Waals surface area contributed by atoms with Crippen LogP contribution in [-0.4, -0.2) is 21.3 Å². The topological polar surface area (TPSA) is 20.2 Å². The molecule has 0 fully saturated rings. The first-order chi connectivity index (χ1) is 8.61. The van der Waals surface area contributed by atoms with Crippen molar-refractivity contribution in [2.24, 2.45) is 0 Å². The maximum Gasteiger partial charge on any atom is 0.0828 e. The predicted molar refractivity (Wildman–Crippen MR) is 91.0 cm³/mol. The Morgan fingerprint density at radius 1 is 0.947 bits per heavy atom. The fourth-order valence-corrected chi connectivity index (χ4v) is 4.91. The van der Waals surface area contributed by atoms with Gasteiger partial charge in [0.25, 0.3) is 0 Å². The summed E-state index contributed by atoms with van der Waals surface area (Å²) < 4.78 is 0. The summed E-state index contributed by atoms with van der Waals surface area (Å²) in [6.07, 6.45) is 1.93. The Morgan fingerprint density at radius 3 is 1.89 bits per heavy atom. The minimum Gasteiger partial charge on any atom is -0.388 e. The van der Waals surface area contributed by atoms with Gasteiger partial charge in [0.2, 0.25) is 0 Å². The molecule has 0 spiro atoms. The van der Waals surface area contributed by atoms with Gasteiger partial charge < -0.3 is 5.11 Å². The quantitative estimate of drug-likeness (QED) is 0.768. The molecule has 0 amide bonds. The Balaban J connectivity index is 3.02. The van der Waals surface area contributed by atoms with E-state index < -0.39 is 16.1 Å². The Labute approximate surface area is 120 Å². The largest absolute Gasteiger partial charge is 0.388 e. The summed E-state index contributed by atoms with van der Waals surface area (Å²) >= 11 is 0. The van der Waals surface area contributed by atoms with Crippen molar-refractivity contribution >= 4 is 16.1 Å². The second kappa shape index (κ2) is 6.20. The Hall–Kier alpha value is -0.646. The molecule has 0 radical (unpaired) electrons. The minimum absolute atomic E-state index is 0.279. The lowest BCUT2D eigenvalue weighted by Gasteiger charge is -2.31. The van der Waals surface area contributed by atoms with E-state index in [1.165, 1.54) is 0 Å². The van der Waals surface area contributed by atoms with E-state index in [0.717, 1.165) is 5.56 Å². The Morgan fingerprint density at radius 2 is 1.47 bits per heavy atom. The standard InChI is InChI=1S/C16H28OSi2/c1-18(2,3)13-12-15(19(4,5)6)16(17)14-10-8-7-9-11-14/h7-13,15-17H,1-6H3/b13-12+. The smallest absolute Gasteiger partial charge is 0.0828 e. The summed E-state index contributed by atoms with van der Waals surface area (Å²) in [5.41, 5.74) is 3.69. The monoisotopic (exact) mass is 292 g/mol. The molecule has 106 valence electrons. The molecule has 1 N–H and O–H groups in total. The average Bonchev–Trinajstić information content (AvgIpc) is 2.26. The molecule has 19 heavy (non-hydrogen) atoms. The maximum atomic E-state index is 10.7.